The third-order valence-electron chi connectivity index (χ3n) is 4.04. The molecule has 2 aromatic rings. The summed E-state index contributed by atoms with van der Waals surface area (Å²) in [4.78, 5) is 16.5. The quantitative estimate of drug-likeness (QED) is 0.912. The van der Waals surface area contributed by atoms with E-state index < -0.39 is 0 Å². The monoisotopic (exact) mass is 333 g/mol. The summed E-state index contributed by atoms with van der Waals surface area (Å²) in [6.45, 7) is 6.96. The number of carbonyl (C=O) groups excluding carboxylic acids is 1. The van der Waals surface area contributed by atoms with Gasteiger partial charge in [-0.05, 0) is 29.5 Å². The van der Waals surface area contributed by atoms with Crippen LogP contribution in [0.5, 0.6) is 0 Å². The molecule has 0 spiro atoms. The summed E-state index contributed by atoms with van der Waals surface area (Å²) in [6.07, 6.45) is 3.72. The second-order valence-electron chi connectivity index (χ2n) is 5.94. The van der Waals surface area contributed by atoms with Gasteiger partial charge in [0, 0.05) is 51.7 Å². The molecule has 1 aliphatic heterocycles. The minimum absolute atomic E-state index is 0.0446. The molecule has 3 heterocycles. The molecule has 0 aromatic carbocycles. The highest BCUT2D eigenvalue weighted by Crippen LogP contribution is 2.22. The van der Waals surface area contributed by atoms with Crippen LogP contribution in [-0.2, 0) is 6.54 Å². The van der Waals surface area contributed by atoms with Crippen molar-refractivity contribution in [3.05, 3.63) is 36.0 Å². The first-order valence-corrected chi connectivity index (χ1v) is 8.89. The van der Waals surface area contributed by atoms with Crippen molar-refractivity contribution in [1.29, 1.82) is 0 Å². The van der Waals surface area contributed by atoms with Crippen molar-refractivity contribution in [1.82, 2.24) is 20.0 Å². The Balaban J connectivity index is 1.39. The largest absolute Gasteiger partial charge is 0.360 e. The zero-order valence-corrected chi connectivity index (χ0v) is 14.2. The van der Waals surface area contributed by atoms with Crippen molar-refractivity contribution in [3.63, 3.8) is 0 Å². The van der Waals surface area contributed by atoms with Gasteiger partial charge in [0.15, 0.2) is 0 Å². The molecular formula is C16H23N5OS. The van der Waals surface area contributed by atoms with Crippen molar-refractivity contribution in [2.45, 2.75) is 13.5 Å². The molecule has 2 amide bonds. The van der Waals surface area contributed by atoms with Crippen LogP contribution in [-0.4, -0.2) is 53.4 Å². The first kappa shape index (κ1) is 15.9. The van der Waals surface area contributed by atoms with Gasteiger partial charge in [-0.3, -0.25) is 4.68 Å². The maximum Gasteiger partial charge on any atom is 0.317 e. The molecule has 23 heavy (non-hydrogen) atoms. The first-order chi connectivity index (χ1) is 11.2. The number of hydrogen-bond donors (Lipinski definition) is 1. The summed E-state index contributed by atoms with van der Waals surface area (Å²) >= 11 is 1.75. The molecule has 1 atom stereocenters. The fourth-order valence-corrected chi connectivity index (χ4v) is 3.53. The Labute approximate surface area is 140 Å². The topological polar surface area (TPSA) is 53.4 Å². The molecule has 1 N–H and O–H groups in total. The highest BCUT2D eigenvalue weighted by molar-refractivity contribution is 7.14. The van der Waals surface area contributed by atoms with Crippen molar-refractivity contribution >= 4 is 22.4 Å². The molecule has 0 radical (unpaired) electrons. The van der Waals surface area contributed by atoms with Crippen LogP contribution in [0.4, 0.5) is 9.80 Å². The summed E-state index contributed by atoms with van der Waals surface area (Å²) in [5, 5.41) is 10.6. The predicted octanol–water partition coefficient (Wildman–Crippen LogP) is 2.11. The van der Waals surface area contributed by atoms with E-state index in [-0.39, 0.29) is 6.03 Å². The lowest BCUT2D eigenvalue weighted by Crippen LogP contribution is -2.52. The minimum atomic E-state index is 0.0446. The number of nitrogens with one attached hydrogen (secondary N) is 1. The average Bonchev–Trinajstić information content (AvgIpc) is 3.26. The first-order valence-electron chi connectivity index (χ1n) is 8.01. The molecule has 1 fully saturated rings. The SMILES string of the molecule is C[C@H](CNC(=O)N1CCN(c2cccs2)CC1)Cn1cccn1. The van der Waals surface area contributed by atoms with Gasteiger partial charge in [-0.25, -0.2) is 4.79 Å². The Morgan fingerprint density at radius 2 is 2.17 bits per heavy atom. The lowest BCUT2D eigenvalue weighted by atomic mass is 10.2. The summed E-state index contributed by atoms with van der Waals surface area (Å²) in [7, 11) is 0. The van der Waals surface area contributed by atoms with Gasteiger partial charge in [-0.1, -0.05) is 6.92 Å². The van der Waals surface area contributed by atoms with E-state index in [9.17, 15) is 4.79 Å². The van der Waals surface area contributed by atoms with Gasteiger partial charge in [0.2, 0.25) is 0 Å². The molecule has 7 heteroatoms. The third kappa shape index (κ3) is 4.25. The van der Waals surface area contributed by atoms with Gasteiger partial charge in [-0.2, -0.15) is 5.10 Å². The molecule has 0 saturated carbocycles. The zero-order chi connectivity index (χ0) is 16.1. The highest BCUT2D eigenvalue weighted by Gasteiger charge is 2.21. The molecule has 1 aliphatic rings. The van der Waals surface area contributed by atoms with Crippen molar-refractivity contribution in [2.24, 2.45) is 5.92 Å². The number of thiophene rings is 1. The molecule has 1 saturated heterocycles. The number of hydrogen-bond acceptors (Lipinski definition) is 4. The van der Waals surface area contributed by atoms with Crippen LogP contribution < -0.4 is 10.2 Å². The summed E-state index contributed by atoms with van der Waals surface area (Å²) in [5.74, 6) is 0.353. The van der Waals surface area contributed by atoms with Gasteiger partial charge < -0.3 is 15.1 Å². The standard InChI is InChI=1S/C16H23N5OS/c1-14(13-21-6-3-5-18-21)12-17-16(22)20-9-7-19(8-10-20)15-4-2-11-23-15/h2-6,11,14H,7-10,12-13H2,1H3,(H,17,22)/t14-/m1/s1. The summed E-state index contributed by atoms with van der Waals surface area (Å²) < 4.78 is 1.90. The predicted molar refractivity (Wildman–Crippen MR) is 92.9 cm³/mol. The Morgan fingerprint density at radius 1 is 1.35 bits per heavy atom. The maximum absolute atomic E-state index is 12.3. The number of piperazine rings is 1. The van der Waals surface area contributed by atoms with E-state index in [1.807, 2.05) is 21.8 Å². The van der Waals surface area contributed by atoms with Crippen LogP contribution in [0, 0.1) is 5.92 Å². The van der Waals surface area contributed by atoms with E-state index >= 15 is 0 Å². The Kier molecular flexibility index (Phi) is 5.17. The molecule has 0 bridgehead atoms. The van der Waals surface area contributed by atoms with Crippen molar-refractivity contribution in [2.75, 3.05) is 37.6 Å². The van der Waals surface area contributed by atoms with Gasteiger partial charge in [-0.15, -0.1) is 11.3 Å². The van der Waals surface area contributed by atoms with Crippen LogP contribution in [0.25, 0.3) is 0 Å². The van der Waals surface area contributed by atoms with Crippen LogP contribution in [0.15, 0.2) is 36.0 Å². The number of anilines is 1. The Hall–Kier alpha value is -2.02. The fraction of sp³-hybridized carbons (Fsp3) is 0.500. The number of carbonyl (C=O) groups is 1. The van der Waals surface area contributed by atoms with E-state index in [1.54, 1.807) is 17.5 Å². The molecule has 124 valence electrons. The van der Waals surface area contributed by atoms with Crippen molar-refractivity contribution < 1.29 is 4.79 Å². The van der Waals surface area contributed by atoms with Gasteiger partial charge >= 0.3 is 6.03 Å². The number of urea groups is 1. The summed E-state index contributed by atoms with van der Waals surface area (Å²) in [6, 6.07) is 6.17. The molecule has 0 aliphatic carbocycles. The normalized spacial score (nSPS) is 16.4. The second kappa shape index (κ2) is 7.50. The molecule has 0 unspecified atom stereocenters. The second-order valence-corrected chi connectivity index (χ2v) is 6.87. The minimum Gasteiger partial charge on any atom is -0.360 e. The summed E-state index contributed by atoms with van der Waals surface area (Å²) in [5.41, 5.74) is 0. The van der Waals surface area contributed by atoms with Crippen LogP contribution in [0.2, 0.25) is 0 Å². The van der Waals surface area contributed by atoms with E-state index in [2.05, 4.69) is 39.8 Å². The Morgan fingerprint density at radius 3 is 2.83 bits per heavy atom. The third-order valence-corrected chi connectivity index (χ3v) is 4.97. The van der Waals surface area contributed by atoms with E-state index in [0.717, 1.165) is 32.7 Å². The maximum atomic E-state index is 12.3. The molecule has 6 nitrogen and oxygen atoms in total. The van der Waals surface area contributed by atoms with Crippen LogP contribution >= 0.6 is 11.3 Å². The Bertz CT molecular complexity index is 590. The lowest BCUT2D eigenvalue weighted by Gasteiger charge is -2.35. The number of nitrogens with zero attached hydrogens (tertiary/aromatic N) is 4. The van der Waals surface area contributed by atoms with Gasteiger partial charge in [0.25, 0.3) is 0 Å². The molecule has 2 aromatic heterocycles. The highest BCUT2D eigenvalue weighted by atomic mass is 32.1. The number of amides is 2. The van der Waals surface area contributed by atoms with Gasteiger partial charge in [0.05, 0.1) is 5.00 Å². The molecule has 3 rings (SSSR count). The fourth-order valence-electron chi connectivity index (χ4n) is 2.75. The van der Waals surface area contributed by atoms with Crippen LogP contribution in [0.1, 0.15) is 6.92 Å². The van der Waals surface area contributed by atoms with Crippen molar-refractivity contribution in [3.8, 4) is 0 Å². The van der Waals surface area contributed by atoms with E-state index in [0.29, 0.717) is 12.5 Å². The lowest BCUT2D eigenvalue weighted by molar-refractivity contribution is 0.192. The van der Waals surface area contributed by atoms with Gasteiger partial charge in [0.1, 0.15) is 0 Å². The molecular weight excluding hydrogens is 310 g/mol. The number of aromatic nitrogens is 2. The smallest absolute Gasteiger partial charge is 0.317 e. The van der Waals surface area contributed by atoms with E-state index in [4.69, 9.17) is 0 Å². The zero-order valence-electron chi connectivity index (χ0n) is 13.4. The average molecular weight is 333 g/mol. The van der Waals surface area contributed by atoms with E-state index in [1.165, 1.54) is 5.00 Å². The van der Waals surface area contributed by atoms with Crippen LogP contribution in [0.3, 0.4) is 0 Å². The number of rotatable bonds is 5.